The molecule has 414 valence electrons. The van der Waals surface area contributed by atoms with E-state index >= 15 is 0 Å². The van der Waals surface area contributed by atoms with Gasteiger partial charge in [0.25, 0.3) is 0 Å². The monoisotopic (exact) mass is 1060 g/mol. The van der Waals surface area contributed by atoms with Crippen LogP contribution in [0.5, 0.6) is 17.5 Å². The molecule has 18 heteroatoms. The Labute approximate surface area is 460 Å². The fraction of sp³-hybridized carbons (Fsp3) is 0.500. The van der Waals surface area contributed by atoms with Crippen LogP contribution in [0, 0.1) is 19.8 Å². The predicted octanol–water partition coefficient (Wildman–Crippen LogP) is 11.3. The number of aryl methyl sites for hydroxylation is 3. The third-order valence-electron chi connectivity index (χ3n) is 15.6. The van der Waals surface area contributed by atoms with E-state index in [-0.39, 0.29) is 29.5 Å². The van der Waals surface area contributed by atoms with Gasteiger partial charge in [-0.3, -0.25) is 4.98 Å². The number of anilines is 4. The molecule has 0 saturated carbocycles. The number of guanidine groups is 1. The molecular formula is C60H81N15O3. The van der Waals surface area contributed by atoms with Crippen molar-refractivity contribution in [3.63, 3.8) is 0 Å². The normalized spacial score (nSPS) is 16.9. The van der Waals surface area contributed by atoms with E-state index in [1.165, 1.54) is 24.0 Å². The number of hydrogen-bond donors (Lipinski definition) is 4. The first kappa shape index (κ1) is 55.3. The molecule has 7 heterocycles. The topological polar surface area (TPSA) is 208 Å². The van der Waals surface area contributed by atoms with Gasteiger partial charge in [0.15, 0.2) is 23.2 Å². The minimum atomic E-state index is -0.269. The lowest BCUT2D eigenvalue weighted by atomic mass is 9.86. The zero-order chi connectivity index (χ0) is 55.3. The Balaban J connectivity index is 0.928. The second kappa shape index (κ2) is 24.0. The number of pyridine rings is 1. The van der Waals surface area contributed by atoms with E-state index in [1.54, 1.807) is 19.5 Å². The van der Waals surface area contributed by atoms with Crippen molar-refractivity contribution in [1.29, 1.82) is 0 Å². The van der Waals surface area contributed by atoms with Crippen LogP contribution in [0.1, 0.15) is 151 Å². The van der Waals surface area contributed by atoms with Crippen molar-refractivity contribution in [3.8, 4) is 17.5 Å². The van der Waals surface area contributed by atoms with Crippen molar-refractivity contribution < 1.29 is 14.6 Å². The molecule has 7 aromatic rings. The number of ether oxygens (including phenoxy) is 2. The Bertz CT molecular complexity index is 3190. The number of phenols is 1. The quantitative estimate of drug-likeness (QED) is 0.0403. The number of piperidine rings is 1. The second-order valence-corrected chi connectivity index (χ2v) is 23.0. The molecule has 18 nitrogen and oxygen atoms in total. The summed E-state index contributed by atoms with van der Waals surface area (Å²) < 4.78 is 16.5. The third kappa shape index (κ3) is 13.1. The Kier molecular flexibility index (Phi) is 17.0. The molecule has 5 N–H and O–H groups in total. The fourth-order valence-corrected chi connectivity index (χ4v) is 10.9. The lowest BCUT2D eigenvalue weighted by Gasteiger charge is -2.32. The Morgan fingerprint density at radius 3 is 2.35 bits per heavy atom. The first-order valence-electron chi connectivity index (χ1n) is 28.0. The first-order chi connectivity index (χ1) is 37.4. The number of rotatable bonds is 16. The summed E-state index contributed by atoms with van der Waals surface area (Å²) in [5.74, 6) is 4.80. The van der Waals surface area contributed by atoms with Crippen molar-refractivity contribution in [1.82, 2.24) is 48.9 Å². The summed E-state index contributed by atoms with van der Waals surface area (Å²) in [6.45, 7) is 22.2. The number of fused-ring (bicyclic) bond motifs is 1. The highest BCUT2D eigenvalue weighted by Crippen LogP contribution is 2.37. The third-order valence-corrected chi connectivity index (χ3v) is 15.6. The van der Waals surface area contributed by atoms with Gasteiger partial charge in [0, 0.05) is 82.3 Å². The summed E-state index contributed by atoms with van der Waals surface area (Å²) in [4.78, 5) is 43.3. The van der Waals surface area contributed by atoms with E-state index in [9.17, 15) is 5.11 Å². The largest absolute Gasteiger partial charge is 0.508 e. The van der Waals surface area contributed by atoms with Crippen LogP contribution in [-0.2, 0) is 25.3 Å². The number of benzene rings is 2. The van der Waals surface area contributed by atoms with Crippen molar-refractivity contribution in [2.45, 2.75) is 150 Å². The Hall–Kier alpha value is -7.50. The molecule has 78 heavy (non-hydrogen) atoms. The lowest BCUT2D eigenvalue weighted by molar-refractivity contribution is 0.162. The number of phenolic OH excluding ortho intramolecular Hbond substituents is 1. The maximum absolute atomic E-state index is 10.9. The molecule has 2 aliphatic rings. The summed E-state index contributed by atoms with van der Waals surface area (Å²) in [5.41, 5.74) is 16.8. The van der Waals surface area contributed by atoms with Crippen LogP contribution in [0.2, 0.25) is 0 Å². The van der Waals surface area contributed by atoms with Gasteiger partial charge in [-0.1, -0.05) is 66.0 Å². The van der Waals surface area contributed by atoms with Crippen LogP contribution in [0.15, 0.2) is 78.6 Å². The van der Waals surface area contributed by atoms with Crippen LogP contribution >= 0.6 is 0 Å². The van der Waals surface area contributed by atoms with E-state index < -0.39 is 0 Å². The average molecular weight is 1060 g/mol. The smallest absolute Gasteiger partial charge is 0.229 e. The van der Waals surface area contributed by atoms with Gasteiger partial charge in [0.1, 0.15) is 23.2 Å². The van der Waals surface area contributed by atoms with Gasteiger partial charge in [-0.05, 0) is 122 Å². The second-order valence-electron chi connectivity index (χ2n) is 23.0. The summed E-state index contributed by atoms with van der Waals surface area (Å²) >= 11 is 0. The fourth-order valence-electron chi connectivity index (χ4n) is 10.9. The van der Waals surface area contributed by atoms with Crippen molar-refractivity contribution >= 4 is 46.1 Å². The van der Waals surface area contributed by atoms with Crippen molar-refractivity contribution in [2.75, 3.05) is 48.8 Å². The summed E-state index contributed by atoms with van der Waals surface area (Å²) in [7, 11) is 3.58. The number of aliphatic imine (C=N–C) groups is 1. The number of methoxy groups -OCH3 is 1. The van der Waals surface area contributed by atoms with Crippen LogP contribution in [-0.4, -0.2) is 99.4 Å². The minimum Gasteiger partial charge on any atom is -0.508 e. The molecule has 0 aliphatic carbocycles. The van der Waals surface area contributed by atoms with Crippen LogP contribution in [0.25, 0.3) is 11.2 Å². The van der Waals surface area contributed by atoms with Crippen molar-refractivity contribution in [3.05, 3.63) is 113 Å². The highest BCUT2D eigenvalue weighted by atomic mass is 16.5. The molecule has 3 unspecified atom stereocenters. The van der Waals surface area contributed by atoms with Gasteiger partial charge in [-0.15, -0.1) is 0 Å². The van der Waals surface area contributed by atoms with Gasteiger partial charge in [-0.25, -0.2) is 9.97 Å². The molecule has 2 aliphatic heterocycles. The van der Waals surface area contributed by atoms with Gasteiger partial charge in [0.05, 0.1) is 37.6 Å². The summed E-state index contributed by atoms with van der Waals surface area (Å²) in [5, 5.41) is 18.3. The number of imidazole rings is 2. The molecule has 0 radical (unpaired) electrons. The molecule has 2 aromatic carbocycles. The Morgan fingerprint density at radius 2 is 1.60 bits per heavy atom. The Morgan fingerprint density at radius 1 is 0.833 bits per heavy atom. The lowest BCUT2D eigenvalue weighted by Crippen LogP contribution is -2.39. The number of aromatic nitrogens is 9. The number of hydrogen-bond acceptors (Lipinski definition) is 14. The van der Waals surface area contributed by atoms with Gasteiger partial charge in [-0.2, -0.15) is 24.9 Å². The molecule has 2 saturated heterocycles. The van der Waals surface area contributed by atoms with Gasteiger partial charge >= 0.3 is 0 Å². The van der Waals surface area contributed by atoms with E-state index in [2.05, 4.69) is 121 Å². The van der Waals surface area contributed by atoms with Gasteiger partial charge < -0.3 is 49.9 Å². The average Bonchev–Trinajstić information content (AvgIpc) is 4.04. The van der Waals surface area contributed by atoms with E-state index in [0.29, 0.717) is 72.1 Å². The molecule has 0 spiro atoms. The van der Waals surface area contributed by atoms with E-state index in [1.807, 2.05) is 49.4 Å². The predicted molar refractivity (Wildman–Crippen MR) is 311 cm³/mol. The number of aromatic hydroxyl groups is 1. The number of nitrogens with one attached hydrogen (secondary N) is 2. The summed E-state index contributed by atoms with van der Waals surface area (Å²) in [6, 6.07) is 16.0. The number of nitrogens with two attached hydrogens (primary N) is 1. The zero-order valence-electron chi connectivity index (χ0n) is 47.7. The highest BCUT2D eigenvalue weighted by Gasteiger charge is 2.28. The molecule has 0 bridgehead atoms. The van der Waals surface area contributed by atoms with Crippen LogP contribution < -0.4 is 30.7 Å². The van der Waals surface area contributed by atoms with Crippen molar-refractivity contribution in [2.24, 2.45) is 23.7 Å². The minimum absolute atomic E-state index is 0.00243. The molecule has 5 aromatic heterocycles. The van der Waals surface area contributed by atoms with E-state index in [4.69, 9.17) is 45.1 Å². The zero-order valence-corrected chi connectivity index (χ0v) is 47.7. The standard InChI is InChI=1S/C60H81N15O3/c1-37(2)46-33-48(39(4)29-49(46)76)65-41(6)53-55(69-58(61)73-25-14-12-13-15-42(20-26-73)31-43-18-23-62-24-19-43)64-36-75(53)40(5)30-50-67-51(77-11)34-52(68-50)78-45-21-27-74(28-22-45)59-70-56-54(72(10)35-63-56)57(71-59)66-47-32-44(60(7,8)9)17-16-38(47)3/h16-19,23-24,29,32-37,40-42,45,65,76H,12-15,20-22,25-28,30-31H2,1-11H3,(H2,61,69)(H,66,70,71). The molecule has 2 fully saturated rings. The molecular weight excluding hydrogens is 979 g/mol. The summed E-state index contributed by atoms with van der Waals surface area (Å²) in [6.07, 6.45) is 15.8. The molecule has 0 amide bonds. The maximum Gasteiger partial charge on any atom is 0.229 e. The van der Waals surface area contributed by atoms with E-state index in [0.717, 1.165) is 96.7 Å². The van der Waals surface area contributed by atoms with Gasteiger partial charge in [0.2, 0.25) is 17.7 Å². The molecule has 3 atom stereocenters. The molecule has 9 rings (SSSR count). The first-order valence-corrected chi connectivity index (χ1v) is 28.0. The highest BCUT2D eigenvalue weighted by molar-refractivity contribution is 5.87. The number of nitrogens with zero attached hydrogens (tertiary/aromatic N) is 12. The SMILES string of the molecule is COc1cc(OC2CCN(c3nc(Nc4cc(C(C)(C)C)ccc4C)c4c(ncn4C)n3)CC2)nc(CC(C)n2cnc(N=C(N)N3CCCCCC(Cc4ccncc4)CC3)c2C(C)Nc2cc(C(C)C)c(O)cc2C)n1. The van der Waals surface area contributed by atoms with Crippen LogP contribution in [0.3, 0.4) is 0 Å². The maximum atomic E-state index is 10.9. The van der Waals surface area contributed by atoms with Crippen LogP contribution in [0.4, 0.5) is 29.0 Å².